The Morgan fingerprint density at radius 2 is 1.08 bits per heavy atom. The minimum absolute atomic E-state index is 0.0112. The van der Waals surface area contributed by atoms with Crippen LogP contribution in [0.1, 0.15) is 44.5 Å². The van der Waals surface area contributed by atoms with E-state index < -0.39 is 32.6 Å². The van der Waals surface area contributed by atoms with E-state index in [9.17, 15) is 14.5 Å². The van der Waals surface area contributed by atoms with Gasteiger partial charge in [-0.2, -0.15) is 0 Å². The molecule has 4 aromatic carbocycles. The summed E-state index contributed by atoms with van der Waals surface area (Å²) in [6, 6.07) is 30.4. The Balaban J connectivity index is 1.42. The number of esters is 1. The first-order valence-electron chi connectivity index (χ1n) is 15.7. The van der Waals surface area contributed by atoms with E-state index in [1.807, 2.05) is 125 Å². The molecule has 10 heteroatoms. The van der Waals surface area contributed by atoms with Crippen LogP contribution in [0.2, 0.25) is 0 Å². The van der Waals surface area contributed by atoms with Crippen molar-refractivity contribution in [2.75, 3.05) is 6.61 Å². The lowest BCUT2D eigenvalue weighted by Gasteiger charge is -2.27. The van der Waals surface area contributed by atoms with E-state index in [4.69, 9.17) is 27.8 Å². The SMILES string of the molecule is Cc1cccc(COC2=C(OCc3cccc(C)c3)[C@@H]([C@H](CO)OP(=O)(OCc3cccc(C)c3)OCc3cccc(C)c3)OC2=O)c1. The average molecular weight is 673 g/mol. The minimum Gasteiger partial charge on any atom is -0.485 e. The average Bonchev–Trinajstić information content (AvgIpc) is 3.38. The molecule has 0 saturated carbocycles. The number of ether oxygens (including phenoxy) is 3. The van der Waals surface area contributed by atoms with E-state index in [1.54, 1.807) is 0 Å². The fraction of sp³-hybridized carbons (Fsp3) is 0.289. The molecule has 48 heavy (non-hydrogen) atoms. The third-order valence-electron chi connectivity index (χ3n) is 7.57. The second-order valence-corrected chi connectivity index (χ2v) is 13.5. The van der Waals surface area contributed by atoms with Gasteiger partial charge in [-0.3, -0.25) is 13.6 Å². The molecule has 0 unspecified atom stereocenters. The Hall–Kier alpha value is -4.24. The van der Waals surface area contributed by atoms with Gasteiger partial charge in [0.15, 0.2) is 11.9 Å². The Kier molecular flexibility index (Phi) is 11.9. The van der Waals surface area contributed by atoms with Crippen molar-refractivity contribution >= 4 is 13.8 Å². The zero-order valence-electron chi connectivity index (χ0n) is 27.6. The van der Waals surface area contributed by atoms with Gasteiger partial charge >= 0.3 is 13.8 Å². The predicted octanol–water partition coefficient (Wildman–Crippen LogP) is 7.71. The smallest absolute Gasteiger partial charge is 0.475 e. The van der Waals surface area contributed by atoms with Crippen LogP contribution >= 0.6 is 7.82 Å². The molecule has 1 N–H and O–H groups in total. The number of aliphatic hydroxyl groups excluding tert-OH is 1. The van der Waals surface area contributed by atoms with Crippen LogP contribution in [0.15, 0.2) is 109 Å². The highest BCUT2D eigenvalue weighted by Gasteiger charge is 2.46. The Morgan fingerprint density at radius 3 is 1.50 bits per heavy atom. The number of carbonyl (C=O) groups is 1. The van der Waals surface area contributed by atoms with Crippen molar-refractivity contribution in [3.8, 4) is 0 Å². The first-order valence-corrected chi connectivity index (χ1v) is 17.2. The highest BCUT2D eigenvalue weighted by atomic mass is 31.2. The second kappa shape index (κ2) is 16.2. The summed E-state index contributed by atoms with van der Waals surface area (Å²) in [5.41, 5.74) is 7.24. The van der Waals surface area contributed by atoms with E-state index in [0.717, 1.165) is 44.5 Å². The molecular weight excluding hydrogens is 631 g/mol. The van der Waals surface area contributed by atoms with Crippen LogP contribution in [0.25, 0.3) is 0 Å². The van der Waals surface area contributed by atoms with Gasteiger partial charge in [-0.1, -0.05) is 119 Å². The topological polar surface area (TPSA) is 110 Å². The highest BCUT2D eigenvalue weighted by Crippen LogP contribution is 2.53. The van der Waals surface area contributed by atoms with Crippen LogP contribution in [-0.2, 0) is 63.6 Å². The summed E-state index contributed by atoms with van der Waals surface area (Å²) < 4.78 is 49.8. The lowest BCUT2D eigenvalue weighted by molar-refractivity contribution is -0.148. The summed E-state index contributed by atoms with van der Waals surface area (Å²) in [7, 11) is -4.39. The monoisotopic (exact) mass is 672 g/mol. The van der Waals surface area contributed by atoms with Crippen molar-refractivity contribution in [1.29, 1.82) is 0 Å². The molecule has 0 saturated heterocycles. The van der Waals surface area contributed by atoms with E-state index in [2.05, 4.69) is 0 Å². The zero-order valence-corrected chi connectivity index (χ0v) is 28.5. The van der Waals surface area contributed by atoms with Gasteiger partial charge in [0, 0.05) is 0 Å². The predicted molar refractivity (Wildman–Crippen MR) is 180 cm³/mol. The molecule has 2 atom stereocenters. The van der Waals surface area contributed by atoms with Crippen LogP contribution < -0.4 is 0 Å². The Bertz CT molecular complexity index is 1750. The fourth-order valence-electron chi connectivity index (χ4n) is 5.25. The number of cyclic esters (lactones) is 1. The third-order valence-corrected chi connectivity index (χ3v) is 8.99. The number of phosphoric ester groups is 1. The molecule has 0 aliphatic carbocycles. The Morgan fingerprint density at radius 1 is 0.667 bits per heavy atom. The Labute approximate surface area is 281 Å². The number of hydrogen-bond acceptors (Lipinski definition) is 9. The standard InChI is InChI=1S/C38H41O9P/c1-26-9-5-13-30(17-26)22-42-36-35(46-38(40)37(36)43-23-31-14-6-10-27(2)18-31)34(21-39)47-48(41,44-24-32-15-7-11-28(3)19-32)45-25-33-16-8-12-29(4)20-33/h5-20,34-35,39H,21-25H2,1-4H3/t34-,35+/m0/s1. The van der Waals surface area contributed by atoms with Gasteiger partial charge in [0.1, 0.15) is 19.3 Å². The molecule has 1 aliphatic rings. The maximum Gasteiger partial charge on any atom is 0.475 e. The maximum atomic E-state index is 14.3. The first-order chi connectivity index (χ1) is 23.1. The molecule has 0 bridgehead atoms. The van der Waals surface area contributed by atoms with Crippen molar-refractivity contribution < 1.29 is 42.2 Å². The normalized spacial score (nSPS) is 15.4. The van der Waals surface area contributed by atoms with Crippen molar-refractivity contribution in [2.45, 2.75) is 66.3 Å². The van der Waals surface area contributed by atoms with Gasteiger partial charge in [-0.25, -0.2) is 9.36 Å². The quantitative estimate of drug-likeness (QED) is 0.0946. The summed E-state index contributed by atoms with van der Waals surface area (Å²) in [6.07, 6.45) is -2.69. The molecule has 0 spiro atoms. The number of aryl methyl sites for hydroxylation is 4. The molecule has 0 aromatic heterocycles. The molecule has 252 valence electrons. The van der Waals surface area contributed by atoms with Crippen LogP contribution in [0.5, 0.6) is 0 Å². The second-order valence-electron chi connectivity index (χ2n) is 11.9. The number of benzene rings is 4. The third kappa shape index (κ3) is 9.66. The summed E-state index contributed by atoms with van der Waals surface area (Å²) in [4.78, 5) is 13.3. The summed E-state index contributed by atoms with van der Waals surface area (Å²) in [5, 5.41) is 10.6. The van der Waals surface area contributed by atoms with E-state index in [1.165, 1.54) is 0 Å². The number of hydrogen-bond donors (Lipinski definition) is 1. The molecule has 9 nitrogen and oxygen atoms in total. The van der Waals surface area contributed by atoms with E-state index in [0.29, 0.717) is 0 Å². The largest absolute Gasteiger partial charge is 0.485 e. The molecule has 5 rings (SSSR count). The fourth-order valence-corrected chi connectivity index (χ4v) is 6.57. The van der Waals surface area contributed by atoms with Crippen LogP contribution in [-0.4, -0.2) is 29.9 Å². The van der Waals surface area contributed by atoms with Crippen molar-refractivity contribution in [3.63, 3.8) is 0 Å². The van der Waals surface area contributed by atoms with Crippen molar-refractivity contribution in [1.82, 2.24) is 0 Å². The van der Waals surface area contributed by atoms with Gasteiger partial charge in [0.2, 0.25) is 5.76 Å². The minimum atomic E-state index is -4.39. The van der Waals surface area contributed by atoms with E-state index in [-0.39, 0.29) is 37.9 Å². The van der Waals surface area contributed by atoms with Crippen molar-refractivity contribution in [2.24, 2.45) is 0 Å². The maximum absolute atomic E-state index is 14.3. The molecule has 0 amide bonds. The molecule has 1 aliphatic heterocycles. The molecule has 0 radical (unpaired) electrons. The lowest BCUT2D eigenvalue weighted by Crippen LogP contribution is -2.35. The van der Waals surface area contributed by atoms with Crippen molar-refractivity contribution in [3.05, 3.63) is 153 Å². The molecule has 4 aromatic rings. The number of aliphatic hydroxyl groups is 1. The molecular formula is C38H41O9P. The highest BCUT2D eigenvalue weighted by molar-refractivity contribution is 7.48. The summed E-state index contributed by atoms with van der Waals surface area (Å²) in [5.74, 6) is -0.949. The van der Waals surface area contributed by atoms with Crippen LogP contribution in [0, 0.1) is 27.7 Å². The van der Waals surface area contributed by atoms with E-state index >= 15 is 0 Å². The van der Waals surface area contributed by atoms with Gasteiger partial charge in [0.05, 0.1) is 19.8 Å². The summed E-state index contributed by atoms with van der Waals surface area (Å²) >= 11 is 0. The van der Waals surface area contributed by atoms with Gasteiger partial charge in [-0.05, 0) is 49.9 Å². The molecule has 0 fully saturated rings. The number of rotatable bonds is 16. The first kappa shape index (κ1) is 35.1. The van der Waals surface area contributed by atoms with Gasteiger partial charge in [-0.15, -0.1) is 0 Å². The number of phosphoric acid groups is 1. The zero-order chi connectivity index (χ0) is 34.1. The van der Waals surface area contributed by atoms with Gasteiger partial charge in [0.25, 0.3) is 0 Å². The van der Waals surface area contributed by atoms with Gasteiger partial charge < -0.3 is 19.3 Å². The van der Waals surface area contributed by atoms with Crippen LogP contribution in [0.3, 0.4) is 0 Å². The number of carbonyl (C=O) groups excluding carboxylic acids is 1. The van der Waals surface area contributed by atoms with Crippen LogP contribution in [0.4, 0.5) is 0 Å². The lowest BCUT2D eigenvalue weighted by atomic mass is 10.1. The molecule has 1 heterocycles. The summed E-state index contributed by atoms with van der Waals surface area (Å²) in [6.45, 7) is 7.06.